The maximum absolute atomic E-state index is 13.9. The summed E-state index contributed by atoms with van der Waals surface area (Å²) in [4.78, 5) is 17.0. The van der Waals surface area contributed by atoms with Gasteiger partial charge in [0, 0.05) is 23.1 Å². The molecule has 5 nitrogen and oxygen atoms in total. The fourth-order valence-corrected chi connectivity index (χ4v) is 3.49. The van der Waals surface area contributed by atoms with E-state index >= 15 is 0 Å². The molecule has 0 aliphatic heterocycles. The summed E-state index contributed by atoms with van der Waals surface area (Å²) in [7, 11) is 0. The zero-order valence-electron chi connectivity index (χ0n) is 14.7. The Kier molecular flexibility index (Phi) is 4.70. The van der Waals surface area contributed by atoms with Gasteiger partial charge in [0.25, 0.3) is 5.91 Å². The number of nitrogens with zero attached hydrogens (tertiary/aromatic N) is 3. The number of carbonyl (C=O) groups excluding carboxylic acids is 1. The largest absolute Gasteiger partial charge is 0.306 e. The summed E-state index contributed by atoms with van der Waals surface area (Å²) in [5, 5.41) is 9.44. The van der Waals surface area contributed by atoms with Crippen molar-refractivity contribution in [2.24, 2.45) is 0 Å². The molecule has 0 aliphatic rings. The smallest absolute Gasteiger partial charge is 0.259 e. The summed E-state index contributed by atoms with van der Waals surface area (Å²) in [6, 6.07) is 14.1. The molecule has 0 unspecified atom stereocenters. The third-order valence-electron chi connectivity index (χ3n) is 3.99. The van der Waals surface area contributed by atoms with Gasteiger partial charge in [-0.2, -0.15) is 9.78 Å². The summed E-state index contributed by atoms with van der Waals surface area (Å²) >= 11 is 1.37. The van der Waals surface area contributed by atoms with Crippen LogP contribution in [0.3, 0.4) is 0 Å². The second-order valence-electron chi connectivity index (χ2n) is 6.04. The minimum atomic E-state index is -0.930. The first-order valence-electron chi connectivity index (χ1n) is 8.35. The zero-order valence-corrected chi connectivity index (χ0v) is 15.5. The molecule has 140 valence electrons. The second kappa shape index (κ2) is 7.32. The Bertz CT molecular complexity index is 1150. The third-order valence-corrected chi connectivity index (χ3v) is 4.81. The number of hydrogen-bond donors (Lipinski definition) is 1. The Morgan fingerprint density at radius 2 is 1.89 bits per heavy atom. The quantitative estimate of drug-likeness (QED) is 0.537. The predicted octanol–water partition coefficient (Wildman–Crippen LogP) is 4.83. The van der Waals surface area contributed by atoms with E-state index in [0.29, 0.717) is 22.7 Å². The normalized spacial score (nSPS) is 10.8. The molecule has 0 fully saturated rings. The molecule has 0 saturated heterocycles. The minimum absolute atomic E-state index is 0.254. The summed E-state index contributed by atoms with van der Waals surface area (Å²) in [5.41, 5.74) is 2.16. The van der Waals surface area contributed by atoms with E-state index in [1.165, 1.54) is 16.0 Å². The summed E-state index contributed by atoms with van der Waals surface area (Å²) in [6.45, 7) is 1.77. The number of hydrogen-bond acceptors (Lipinski definition) is 4. The van der Waals surface area contributed by atoms with E-state index in [9.17, 15) is 13.6 Å². The van der Waals surface area contributed by atoms with Crippen LogP contribution in [0.1, 0.15) is 16.1 Å². The lowest BCUT2D eigenvalue weighted by atomic mass is 10.2. The van der Waals surface area contributed by atoms with Crippen molar-refractivity contribution in [1.82, 2.24) is 14.8 Å². The molecule has 0 aliphatic carbocycles. The van der Waals surface area contributed by atoms with Gasteiger partial charge in [-0.1, -0.05) is 30.3 Å². The van der Waals surface area contributed by atoms with E-state index < -0.39 is 17.5 Å². The fourth-order valence-electron chi connectivity index (χ4n) is 2.69. The average Bonchev–Trinajstić information content (AvgIpc) is 3.29. The van der Waals surface area contributed by atoms with Crippen LogP contribution < -0.4 is 5.32 Å². The van der Waals surface area contributed by atoms with Crippen molar-refractivity contribution < 1.29 is 13.6 Å². The molecule has 0 spiro atoms. The van der Waals surface area contributed by atoms with Gasteiger partial charge < -0.3 is 5.32 Å². The van der Waals surface area contributed by atoms with Gasteiger partial charge in [0.05, 0.1) is 17.0 Å². The summed E-state index contributed by atoms with van der Waals surface area (Å²) in [6.07, 6.45) is 0. The molecule has 0 atom stereocenters. The molecule has 4 aromatic rings. The third kappa shape index (κ3) is 3.54. The molecule has 4 rings (SSSR count). The van der Waals surface area contributed by atoms with E-state index in [4.69, 9.17) is 0 Å². The Hall–Kier alpha value is -3.39. The van der Waals surface area contributed by atoms with E-state index in [0.717, 1.165) is 23.4 Å². The highest BCUT2D eigenvalue weighted by Gasteiger charge is 2.17. The topological polar surface area (TPSA) is 59.8 Å². The number of thiazole rings is 1. The van der Waals surface area contributed by atoms with Crippen molar-refractivity contribution in [3.05, 3.63) is 82.9 Å². The van der Waals surface area contributed by atoms with Crippen LogP contribution >= 0.6 is 11.3 Å². The molecule has 2 heterocycles. The molecule has 0 radical (unpaired) electrons. The molecule has 2 aromatic heterocycles. The molecular weight excluding hydrogens is 382 g/mol. The second-order valence-corrected chi connectivity index (χ2v) is 6.88. The standard InChI is InChI=1S/C20H14F2N4OS/c1-12-9-18(24-19(27)15-8-7-14(21)10-16(15)22)26(25-12)20-23-17(11-28-20)13-5-3-2-4-6-13/h2-11H,1H3,(H,24,27). The number of aromatic nitrogens is 3. The maximum Gasteiger partial charge on any atom is 0.259 e. The average molecular weight is 396 g/mol. The number of anilines is 1. The van der Waals surface area contributed by atoms with Gasteiger partial charge in [-0.05, 0) is 19.1 Å². The van der Waals surface area contributed by atoms with Crippen LogP contribution in [0.5, 0.6) is 0 Å². The van der Waals surface area contributed by atoms with Gasteiger partial charge >= 0.3 is 0 Å². The maximum atomic E-state index is 13.9. The van der Waals surface area contributed by atoms with Crippen LogP contribution in [0.25, 0.3) is 16.4 Å². The first-order valence-corrected chi connectivity index (χ1v) is 9.23. The van der Waals surface area contributed by atoms with E-state index in [2.05, 4.69) is 15.4 Å². The highest BCUT2D eigenvalue weighted by molar-refractivity contribution is 7.12. The summed E-state index contributed by atoms with van der Waals surface area (Å²) in [5.74, 6) is -2.02. The Labute approximate surface area is 163 Å². The van der Waals surface area contributed by atoms with E-state index in [-0.39, 0.29) is 5.56 Å². The Morgan fingerprint density at radius 1 is 1.11 bits per heavy atom. The first-order chi connectivity index (χ1) is 13.5. The summed E-state index contributed by atoms with van der Waals surface area (Å²) < 4.78 is 28.5. The lowest BCUT2D eigenvalue weighted by molar-refractivity contribution is 0.102. The van der Waals surface area contributed by atoms with Crippen molar-refractivity contribution in [3.63, 3.8) is 0 Å². The van der Waals surface area contributed by atoms with Crippen LogP contribution in [0.15, 0.2) is 60.0 Å². The number of nitrogens with one attached hydrogen (secondary N) is 1. The highest BCUT2D eigenvalue weighted by Crippen LogP contribution is 2.26. The number of benzene rings is 2. The van der Waals surface area contributed by atoms with Gasteiger partial charge in [-0.25, -0.2) is 13.8 Å². The van der Waals surface area contributed by atoms with Crippen molar-refractivity contribution in [2.45, 2.75) is 6.92 Å². The number of aryl methyl sites for hydroxylation is 1. The molecule has 8 heteroatoms. The number of carbonyl (C=O) groups is 1. The van der Waals surface area contributed by atoms with Crippen molar-refractivity contribution >= 4 is 23.1 Å². The van der Waals surface area contributed by atoms with Crippen LogP contribution in [0.4, 0.5) is 14.6 Å². The lowest BCUT2D eigenvalue weighted by Crippen LogP contribution is -2.16. The Balaban J connectivity index is 1.64. The SMILES string of the molecule is Cc1cc(NC(=O)c2ccc(F)cc2F)n(-c2nc(-c3ccccc3)cs2)n1. The van der Waals surface area contributed by atoms with Crippen LogP contribution in [-0.4, -0.2) is 20.7 Å². The molecular formula is C20H14F2N4OS. The lowest BCUT2D eigenvalue weighted by Gasteiger charge is -2.07. The Morgan fingerprint density at radius 3 is 2.64 bits per heavy atom. The van der Waals surface area contributed by atoms with E-state index in [1.807, 2.05) is 35.7 Å². The molecule has 0 bridgehead atoms. The highest BCUT2D eigenvalue weighted by atomic mass is 32.1. The molecule has 1 N–H and O–H groups in total. The zero-order chi connectivity index (χ0) is 19.7. The van der Waals surface area contributed by atoms with Crippen LogP contribution in [0, 0.1) is 18.6 Å². The van der Waals surface area contributed by atoms with Gasteiger partial charge in [-0.15, -0.1) is 11.3 Å². The number of halogens is 2. The molecule has 2 aromatic carbocycles. The van der Waals surface area contributed by atoms with Crippen LogP contribution in [-0.2, 0) is 0 Å². The fraction of sp³-hybridized carbons (Fsp3) is 0.0500. The molecule has 1 amide bonds. The van der Waals surface area contributed by atoms with Gasteiger partial charge in [0.2, 0.25) is 5.13 Å². The predicted molar refractivity (Wildman–Crippen MR) is 104 cm³/mol. The van der Waals surface area contributed by atoms with Gasteiger partial charge in [0.1, 0.15) is 17.5 Å². The van der Waals surface area contributed by atoms with E-state index in [1.54, 1.807) is 13.0 Å². The van der Waals surface area contributed by atoms with Crippen molar-refractivity contribution in [1.29, 1.82) is 0 Å². The van der Waals surface area contributed by atoms with Gasteiger partial charge in [-0.3, -0.25) is 4.79 Å². The minimum Gasteiger partial charge on any atom is -0.306 e. The number of rotatable bonds is 4. The monoisotopic (exact) mass is 396 g/mol. The molecule has 0 saturated carbocycles. The van der Waals surface area contributed by atoms with Crippen molar-refractivity contribution in [3.8, 4) is 16.4 Å². The van der Waals surface area contributed by atoms with Crippen molar-refractivity contribution in [2.75, 3.05) is 5.32 Å². The number of amides is 1. The first kappa shape index (κ1) is 18.0. The van der Waals surface area contributed by atoms with Gasteiger partial charge in [0.15, 0.2) is 0 Å². The molecule has 28 heavy (non-hydrogen) atoms. The van der Waals surface area contributed by atoms with Crippen LogP contribution in [0.2, 0.25) is 0 Å².